The molecule has 0 aromatic heterocycles. The topological polar surface area (TPSA) is 37.3 Å². The maximum atomic E-state index is 11.5. The first-order chi connectivity index (χ1) is 12.9. The van der Waals surface area contributed by atoms with Gasteiger partial charge in [-0.2, -0.15) is 0 Å². The molecule has 0 aliphatic heterocycles. The maximum absolute atomic E-state index is 11.5. The molecule has 0 unspecified atom stereocenters. The first kappa shape index (κ1) is 19.4. The second-order valence-electron chi connectivity index (χ2n) is 7.40. The molecular formula is C24H26GeO2. The van der Waals surface area contributed by atoms with E-state index in [-0.39, 0.29) is 6.42 Å². The summed E-state index contributed by atoms with van der Waals surface area (Å²) in [5, 5.41) is 10.2. The summed E-state index contributed by atoms with van der Waals surface area (Å²) in [4.78, 5) is 11.5. The molecule has 27 heavy (non-hydrogen) atoms. The van der Waals surface area contributed by atoms with Crippen LogP contribution in [0, 0.1) is 20.8 Å². The van der Waals surface area contributed by atoms with E-state index in [0.717, 1.165) is 0 Å². The van der Waals surface area contributed by atoms with E-state index in [4.69, 9.17) is 0 Å². The number of hydrogen-bond donors (Lipinski definition) is 1. The van der Waals surface area contributed by atoms with Gasteiger partial charge in [-0.25, -0.2) is 0 Å². The molecule has 0 amide bonds. The Morgan fingerprint density at radius 2 is 0.963 bits per heavy atom. The quantitative estimate of drug-likeness (QED) is 0.621. The normalized spacial score (nSPS) is 11.4. The van der Waals surface area contributed by atoms with Crippen molar-refractivity contribution in [2.75, 3.05) is 0 Å². The van der Waals surface area contributed by atoms with Crippen molar-refractivity contribution in [2.24, 2.45) is 0 Å². The first-order valence-corrected chi connectivity index (χ1v) is 14.0. The molecule has 3 heteroatoms. The van der Waals surface area contributed by atoms with Crippen molar-refractivity contribution < 1.29 is 9.90 Å². The molecule has 2 nitrogen and oxygen atoms in total. The summed E-state index contributed by atoms with van der Waals surface area (Å²) < 4.78 is 3.94. The molecule has 0 heterocycles. The molecular weight excluding hydrogens is 393 g/mol. The molecule has 138 valence electrons. The fraction of sp³-hybridized carbons (Fsp3) is 0.208. The number of rotatable bonds is 6. The van der Waals surface area contributed by atoms with Gasteiger partial charge in [-0.3, -0.25) is 0 Å². The van der Waals surface area contributed by atoms with Gasteiger partial charge in [-0.1, -0.05) is 0 Å². The third kappa shape index (κ3) is 4.16. The molecule has 0 saturated carbocycles. The standard InChI is InChI=1S/C24H26GeO2/c1-18-4-10-21(11-5-18)25(17-16-24(26)27,22-12-6-19(2)7-13-22)23-14-8-20(3)9-15-23/h4-15H,16-17H2,1-3H3,(H,26,27). The SMILES string of the molecule is Cc1cc[c]([Ge]([CH2]CC(=O)O)([c]2ccc(C)cc2)[c]2ccc(C)cc2)cc1. The van der Waals surface area contributed by atoms with Gasteiger partial charge in [-0.05, 0) is 0 Å². The average molecular weight is 419 g/mol. The third-order valence-electron chi connectivity index (χ3n) is 5.35. The second-order valence-corrected chi connectivity index (χ2v) is 15.9. The average Bonchev–Trinajstić information content (AvgIpc) is 2.65. The van der Waals surface area contributed by atoms with Crippen LogP contribution in [0.15, 0.2) is 72.8 Å². The molecule has 3 aromatic carbocycles. The molecule has 3 rings (SSSR count). The van der Waals surface area contributed by atoms with Gasteiger partial charge in [0.15, 0.2) is 0 Å². The Bertz CT molecular complexity index is 799. The number of carboxylic acid groups (broad SMARTS) is 1. The van der Waals surface area contributed by atoms with Gasteiger partial charge < -0.3 is 0 Å². The van der Waals surface area contributed by atoms with Gasteiger partial charge in [0.2, 0.25) is 0 Å². The van der Waals surface area contributed by atoms with Gasteiger partial charge in [0, 0.05) is 0 Å². The fourth-order valence-electron chi connectivity index (χ4n) is 3.74. The Hall–Kier alpha value is -2.33. The van der Waals surface area contributed by atoms with E-state index >= 15 is 0 Å². The van der Waals surface area contributed by atoms with Crippen molar-refractivity contribution in [3.8, 4) is 0 Å². The number of hydrogen-bond acceptors (Lipinski definition) is 1. The van der Waals surface area contributed by atoms with Crippen LogP contribution < -0.4 is 13.2 Å². The molecule has 3 aromatic rings. The summed E-state index contributed by atoms with van der Waals surface area (Å²) in [5.41, 5.74) is 3.67. The van der Waals surface area contributed by atoms with Crippen LogP contribution in [0.4, 0.5) is 0 Å². The van der Waals surface area contributed by atoms with Gasteiger partial charge in [0.1, 0.15) is 0 Å². The van der Waals surface area contributed by atoms with Crippen LogP contribution in [-0.2, 0) is 4.79 Å². The van der Waals surface area contributed by atoms with Gasteiger partial charge in [0.25, 0.3) is 0 Å². The first-order valence-electron chi connectivity index (χ1n) is 9.35. The van der Waals surface area contributed by atoms with E-state index in [2.05, 4.69) is 93.6 Å². The fourth-order valence-corrected chi connectivity index (χ4v) is 13.5. The Morgan fingerprint density at radius 3 is 1.22 bits per heavy atom. The van der Waals surface area contributed by atoms with Crippen LogP contribution in [0.5, 0.6) is 0 Å². The Morgan fingerprint density at radius 1 is 0.667 bits per heavy atom. The predicted octanol–water partition coefficient (Wildman–Crippen LogP) is 3.56. The van der Waals surface area contributed by atoms with Crippen LogP contribution in [0.2, 0.25) is 5.25 Å². The zero-order valence-corrected chi connectivity index (χ0v) is 18.3. The molecule has 0 spiro atoms. The molecule has 1 N–H and O–H groups in total. The van der Waals surface area contributed by atoms with Crippen LogP contribution in [0.25, 0.3) is 0 Å². The summed E-state index contributed by atoms with van der Waals surface area (Å²) >= 11 is -3.12. The van der Waals surface area contributed by atoms with E-state index in [0.29, 0.717) is 5.25 Å². The van der Waals surface area contributed by atoms with Gasteiger partial charge >= 0.3 is 164 Å². The van der Waals surface area contributed by atoms with Crippen LogP contribution in [0.3, 0.4) is 0 Å². The molecule has 0 bridgehead atoms. The summed E-state index contributed by atoms with van der Waals surface area (Å²) in [6.45, 7) is 6.27. The molecule has 0 aliphatic carbocycles. The summed E-state index contributed by atoms with van der Waals surface area (Å²) in [7, 11) is 0. The van der Waals surface area contributed by atoms with Crippen molar-refractivity contribution in [1.82, 2.24) is 0 Å². The molecule has 0 atom stereocenters. The number of carboxylic acids is 1. The minimum absolute atomic E-state index is 0.190. The number of aliphatic carboxylic acids is 1. The summed E-state index contributed by atoms with van der Waals surface area (Å²) in [6.07, 6.45) is 0.190. The van der Waals surface area contributed by atoms with Crippen molar-refractivity contribution in [2.45, 2.75) is 32.4 Å². The van der Waals surface area contributed by atoms with Crippen molar-refractivity contribution in [1.29, 1.82) is 0 Å². The predicted molar refractivity (Wildman–Crippen MR) is 115 cm³/mol. The zero-order chi connectivity index (χ0) is 19.4. The van der Waals surface area contributed by atoms with Gasteiger partial charge in [-0.15, -0.1) is 0 Å². The third-order valence-corrected chi connectivity index (χ3v) is 15.7. The number of carbonyl (C=O) groups is 1. The Balaban J connectivity index is 2.28. The monoisotopic (exact) mass is 420 g/mol. The number of aryl methyl sites for hydroxylation is 3. The van der Waals surface area contributed by atoms with E-state index in [9.17, 15) is 9.90 Å². The van der Waals surface area contributed by atoms with Crippen LogP contribution in [0.1, 0.15) is 23.1 Å². The molecule has 0 radical (unpaired) electrons. The van der Waals surface area contributed by atoms with Crippen LogP contribution >= 0.6 is 0 Å². The Labute approximate surface area is 164 Å². The molecule has 0 saturated heterocycles. The van der Waals surface area contributed by atoms with Crippen molar-refractivity contribution >= 4 is 32.4 Å². The molecule has 0 aliphatic rings. The summed E-state index contributed by atoms with van der Waals surface area (Å²) in [5.74, 6) is -0.726. The molecule has 0 fully saturated rings. The van der Waals surface area contributed by atoms with Gasteiger partial charge in [0.05, 0.1) is 0 Å². The second kappa shape index (κ2) is 8.14. The van der Waals surface area contributed by atoms with Crippen molar-refractivity contribution in [3.05, 3.63) is 89.5 Å². The summed E-state index contributed by atoms with van der Waals surface area (Å²) in [6, 6.07) is 26.2. The van der Waals surface area contributed by atoms with E-state index in [1.165, 1.54) is 29.9 Å². The zero-order valence-electron chi connectivity index (χ0n) is 16.2. The van der Waals surface area contributed by atoms with Crippen molar-refractivity contribution in [3.63, 3.8) is 0 Å². The van der Waals surface area contributed by atoms with E-state index < -0.39 is 19.2 Å². The Kier molecular flexibility index (Phi) is 5.86. The van der Waals surface area contributed by atoms with Crippen LogP contribution in [-0.4, -0.2) is 24.3 Å². The van der Waals surface area contributed by atoms with E-state index in [1.54, 1.807) is 0 Å². The van der Waals surface area contributed by atoms with E-state index in [1.807, 2.05) is 0 Å². The number of benzene rings is 3. The minimum atomic E-state index is -3.12.